The average Bonchev–Trinajstić information content (AvgIpc) is 2.50. The zero-order valence-corrected chi connectivity index (χ0v) is 13.2. The molecule has 0 saturated heterocycles. The molecule has 0 atom stereocenters. The summed E-state index contributed by atoms with van der Waals surface area (Å²) in [5, 5.41) is 0. The molecule has 1 aromatic heterocycles. The Kier molecular flexibility index (Phi) is 7.65. The third-order valence-corrected chi connectivity index (χ3v) is 2.77. The van der Waals surface area contributed by atoms with Gasteiger partial charge in [0, 0.05) is 48.0 Å². The van der Waals surface area contributed by atoms with Crippen LogP contribution in [0.3, 0.4) is 0 Å². The molecule has 9 heteroatoms. The Bertz CT molecular complexity index is 417. The van der Waals surface area contributed by atoms with E-state index in [1.54, 1.807) is 19.1 Å². The van der Waals surface area contributed by atoms with Gasteiger partial charge in [-0.15, -0.1) is 0 Å². The van der Waals surface area contributed by atoms with Crippen molar-refractivity contribution in [2.75, 3.05) is 69.8 Å². The summed E-state index contributed by atoms with van der Waals surface area (Å²) in [5.41, 5.74) is 2.47. The van der Waals surface area contributed by atoms with Gasteiger partial charge in [0.2, 0.25) is 17.8 Å². The van der Waals surface area contributed by atoms with Crippen molar-refractivity contribution in [1.82, 2.24) is 15.0 Å². The summed E-state index contributed by atoms with van der Waals surface area (Å²) in [5.74, 6) is 6.86. The van der Waals surface area contributed by atoms with Crippen LogP contribution in [0.4, 0.5) is 17.8 Å². The van der Waals surface area contributed by atoms with Crippen LogP contribution >= 0.6 is 0 Å². The first kappa shape index (κ1) is 17.3. The Labute approximate surface area is 125 Å². The van der Waals surface area contributed by atoms with E-state index in [0.717, 1.165) is 13.0 Å². The predicted molar refractivity (Wildman–Crippen MR) is 82.5 cm³/mol. The maximum absolute atomic E-state index is 5.43. The fourth-order valence-corrected chi connectivity index (χ4v) is 1.67. The highest BCUT2D eigenvalue weighted by atomic mass is 16.5. The van der Waals surface area contributed by atoms with E-state index >= 15 is 0 Å². The van der Waals surface area contributed by atoms with Gasteiger partial charge in [-0.3, -0.25) is 5.43 Å². The minimum atomic E-state index is 0.331. The second kappa shape index (κ2) is 9.27. The molecule has 0 saturated carbocycles. The molecule has 0 aliphatic rings. The van der Waals surface area contributed by atoms with Crippen LogP contribution in [0.1, 0.15) is 6.42 Å². The molecule has 0 aliphatic carbocycles. The highest BCUT2D eigenvalue weighted by Gasteiger charge is 2.14. The smallest absolute Gasteiger partial charge is 0.243 e. The number of hydrogen-bond acceptors (Lipinski definition) is 9. The summed E-state index contributed by atoms with van der Waals surface area (Å²) in [6.45, 7) is 2.71. The first-order valence-corrected chi connectivity index (χ1v) is 6.75. The number of hydrazine groups is 1. The summed E-state index contributed by atoms with van der Waals surface area (Å²) in [6.07, 6.45) is 0.870. The Morgan fingerprint density at radius 3 is 2.24 bits per heavy atom. The van der Waals surface area contributed by atoms with Crippen molar-refractivity contribution in [1.29, 1.82) is 0 Å². The second-order valence-electron chi connectivity index (χ2n) is 4.62. The number of nitrogen functional groups attached to an aromatic ring is 1. The lowest BCUT2D eigenvalue weighted by molar-refractivity contribution is 0.190. The molecule has 0 aliphatic heterocycles. The van der Waals surface area contributed by atoms with Gasteiger partial charge in [-0.25, -0.2) is 5.84 Å². The molecule has 0 unspecified atom stereocenters. The molecule has 0 spiro atoms. The Balaban J connectivity index is 2.94. The molecule has 1 heterocycles. The molecule has 0 amide bonds. The topological polar surface area (TPSA) is 102 Å². The van der Waals surface area contributed by atoms with Gasteiger partial charge < -0.3 is 19.3 Å². The minimum Gasteiger partial charge on any atom is -0.385 e. The van der Waals surface area contributed by atoms with Crippen LogP contribution in [0.25, 0.3) is 0 Å². The van der Waals surface area contributed by atoms with Gasteiger partial charge in [0.25, 0.3) is 0 Å². The number of hydrogen-bond donors (Lipinski definition) is 2. The van der Waals surface area contributed by atoms with Crippen molar-refractivity contribution in [2.45, 2.75) is 6.42 Å². The molecule has 0 fully saturated rings. The number of nitrogens with one attached hydrogen (secondary N) is 1. The average molecular weight is 299 g/mol. The van der Waals surface area contributed by atoms with Crippen LogP contribution in [0.2, 0.25) is 0 Å². The largest absolute Gasteiger partial charge is 0.385 e. The molecule has 0 aromatic carbocycles. The number of nitrogens with two attached hydrogens (primary N) is 1. The number of aromatic nitrogens is 3. The maximum Gasteiger partial charge on any atom is 0.243 e. The lowest BCUT2D eigenvalue weighted by atomic mass is 10.4. The molecule has 1 aromatic rings. The number of methoxy groups -OCH3 is 2. The normalized spacial score (nSPS) is 10.5. The van der Waals surface area contributed by atoms with E-state index in [-0.39, 0.29) is 0 Å². The van der Waals surface area contributed by atoms with Crippen LogP contribution in [-0.2, 0) is 9.47 Å². The van der Waals surface area contributed by atoms with Crippen LogP contribution < -0.4 is 21.1 Å². The van der Waals surface area contributed by atoms with Gasteiger partial charge in [0.1, 0.15) is 0 Å². The Morgan fingerprint density at radius 2 is 1.67 bits per heavy atom. The van der Waals surface area contributed by atoms with Crippen molar-refractivity contribution < 1.29 is 9.47 Å². The monoisotopic (exact) mass is 299 g/mol. The summed E-state index contributed by atoms with van der Waals surface area (Å²) >= 11 is 0. The molecular weight excluding hydrogens is 274 g/mol. The van der Waals surface area contributed by atoms with E-state index in [9.17, 15) is 0 Å². The summed E-state index contributed by atoms with van der Waals surface area (Å²) < 4.78 is 10.2. The van der Waals surface area contributed by atoms with Crippen LogP contribution in [-0.4, -0.2) is 69.6 Å². The Hall–Kier alpha value is -1.71. The molecule has 0 radical (unpaired) electrons. The van der Waals surface area contributed by atoms with Crippen molar-refractivity contribution in [2.24, 2.45) is 5.84 Å². The van der Waals surface area contributed by atoms with Crippen molar-refractivity contribution in [3.05, 3.63) is 0 Å². The van der Waals surface area contributed by atoms with Gasteiger partial charge >= 0.3 is 0 Å². The molecular formula is C12H25N7O2. The standard InChI is InChI=1S/C12H25N7O2/c1-18(2)11-14-10(17-13)15-12(16-11)19(7-9-21-4)6-5-8-20-3/h5-9,13H2,1-4H3,(H,14,15,16,17). The van der Waals surface area contributed by atoms with Crippen molar-refractivity contribution >= 4 is 17.8 Å². The molecule has 21 heavy (non-hydrogen) atoms. The van der Waals surface area contributed by atoms with Gasteiger partial charge in [-0.2, -0.15) is 15.0 Å². The molecule has 9 nitrogen and oxygen atoms in total. The second-order valence-corrected chi connectivity index (χ2v) is 4.62. The number of ether oxygens (including phenoxy) is 2. The zero-order chi connectivity index (χ0) is 15.7. The summed E-state index contributed by atoms with van der Waals surface area (Å²) in [4.78, 5) is 16.8. The van der Waals surface area contributed by atoms with Gasteiger partial charge in [0.05, 0.1) is 6.61 Å². The van der Waals surface area contributed by atoms with E-state index in [1.165, 1.54) is 0 Å². The lowest BCUT2D eigenvalue weighted by Crippen LogP contribution is -2.32. The first-order chi connectivity index (χ1) is 10.1. The third kappa shape index (κ3) is 5.66. The van der Waals surface area contributed by atoms with Gasteiger partial charge in [-0.1, -0.05) is 0 Å². The summed E-state index contributed by atoms with van der Waals surface area (Å²) in [7, 11) is 7.08. The van der Waals surface area contributed by atoms with E-state index in [1.807, 2.05) is 19.0 Å². The number of rotatable bonds is 10. The van der Waals surface area contributed by atoms with Crippen LogP contribution in [0.5, 0.6) is 0 Å². The molecule has 120 valence electrons. The fraction of sp³-hybridized carbons (Fsp3) is 0.750. The van der Waals surface area contributed by atoms with Crippen LogP contribution in [0, 0.1) is 0 Å². The highest BCUT2D eigenvalue weighted by Crippen LogP contribution is 2.15. The zero-order valence-electron chi connectivity index (χ0n) is 13.2. The lowest BCUT2D eigenvalue weighted by Gasteiger charge is -2.23. The van der Waals surface area contributed by atoms with Gasteiger partial charge in [-0.05, 0) is 6.42 Å². The van der Waals surface area contributed by atoms with E-state index in [2.05, 4.69) is 20.4 Å². The van der Waals surface area contributed by atoms with Crippen LogP contribution in [0.15, 0.2) is 0 Å². The minimum absolute atomic E-state index is 0.331. The number of nitrogens with zero attached hydrogens (tertiary/aromatic N) is 5. The third-order valence-electron chi connectivity index (χ3n) is 2.77. The quantitative estimate of drug-likeness (QED) is 0.343. The highest BCUT2D eigenvalue weighted by molar-refractivity contribution is 5.44. The van der Waals surface area contributed by atoms with Crippen molar-refractivity contribution in [3.63, 3.8) is 0 Å². The molecule has 1 rings (SSSR count). The maximum atomic E-state index is 5.43. The van der Waals surface area contributed by atoms with Crippen molar-refractivity contribution in [3.8, 4) is 0 Å². The van der Waals surface area contributed by atoms with E-state index in [4.69, 9.17) is 15.3 Å². The molecule has 3 N–H and O–H groups in total. The Morgan fingerprint density at radius 1 is 1.00 bits per heavy atom. The first-order valence-electron chi connectivity index (χ1n) is 6.75. The fourth-order valence-electron chi connectivity index (χ4n) is 1.67. The predicted octanol–water partition coefficient (Wildman–Crippen LogP) is -0.287. The number of anilines is 3. The van der Waals surface area contributed by atoms with E-state index < -0.39 is 0 Å². The SMILES string of the molecule is COCCCN(CCOC)c1nc(NN)nc(N(C)C)n1. The van der Waals surface area contributed by atoms with Gasteiger partial charge in [0.15, 0.2) is 0 Å². The van der Waals surface area contributed by atoms with E-state index in [0.29, 0.717) is 37.6 Å². The molecule has 0 bridgehead atoms. The summed E-state index contributed by atoms with van der Waals surface area (Å²) in [6, 6.07) is 0.